The van der Waals surface area contributed by atoms with Crippen molar-refractivity contribution >= 4 is 29.2 Å². The maximum absolute atomic E-state index is 11.8. The number of amides is 2. The molecule has 0 aliphatic carbocycles. The highest BCUT2D eigenvalue weighted by Crippen LogP contribution is 2.19. The molecule has 0 spiro atoms. The number of hydrogen-bond donors (Lipinski definition) is 2. The van der Waals surface area contributed by atoms with Gasteiger partial charge in [0.2, 0.25) is 0 Å². The Bertz CT molecular complexity index is 640. The van der Waals surface area contributed by atoms with E-state index >= 15 is 0 Å². The van der Waals surface area contributed by atoms with Crippen molar-refractivity contribution in [1.29, 1.82) is 0 Å². The summed E-state index contributed by atoms with van der Waals surface area (Å²) in [6.07, 6.45) is 0.663. The first-order valence-corrected chi connectivity index (χ1v) is 7.92. The van der Waals surface area contributed by atoms with Gasteiger partial charge in [0.05, 0.1) is 7.11 Å². The lowest BCUT2D eigenvalue weighted by molar-refractivity contribution is 0.240. The summed E-state index contributed by atoms with van der Waals surface area (Å²) < 4.78 is 5.09. The molecule has 0 radical (unpaired) electrons. The second kappa shape index (κ2) is 8.65. The van der Waals surface area contributed by atoms with Crippen LogP contribution in [0.2, 0.25) is 10.0 Å². The summed E-state index contributed by atoms with van der Waals surface area (Å²) in [7, 11) is 1.62. The van der Waals surface area contributed by atoms with Gasteiger partial charge in [0.25, 0.3) is 0 Å². The highest BCUT2D eigenvalue weighted by Gasteiger charge is 2.02. The smallest absolute Gasteiger partial charge is 0.315 e. The van der Waals surface area contributed by atoms with Gasteiger partial charge in [0.1, 0.15) is 5.75 Å². The van der Waals surface area contributed by atoms with Gasteiger partial charge in [-0.1, -0.05) is 35.3 Å². The van der Waals surface area contributed by atoms with E-state index in [2.05, 4.69) is 10.6 Å². The van der Waals surface area contributed by atoms with Crippen molar-refractivity contribution in [2.24, 2.45) is 0 Å². The van der Waals surface area contributed by atoms with Crippen LogP contribution >= 0.6 is 23.2 Å². The molecule has 2 amide bonds. The largest absolute Gasteiger partial charge is 0.497 e. The number of carbonyl (C=O) groups excluding carboxylic acids is 1. The number of ether oxygens (including phenoxy) is 1. The minimum atomic E-state index is -0.214. The molecule has 6 heteroatoms. The van der Waals surface area contributed by atoms with E-state index in [1.807, 2.05) is 36.4 Å². The van der Waals surface area contributed by atoms with Crippen LogP contribution in [0.5, 0.6) is 5.75 Å². The first-order chi connectivity index (χ1) is 11.1. The van der Waals surface area contributed by atoms with Crippen molar-refractivity contribution in [3.63, 3.8) is 0 Å². The van der Waals surface area contributed by atoms with Crippen molar-refractivity contribution in [3.8, 4) is 5.75 Å². The van der Waals surface area contributed by atoms with Gasteiger partial charge < -0.3 is 15.4 Å². The number of methoxy groups -OCH3 is 1. The topological polar surface area (TPSA) is 50.4 Å². The molecule has 23 heavy (non-hydrogen) atoms. The van der Waals surface area contributed by atoms with Crippen LogP contribution in [0.25, 0.3) is 0 Å². The molecule has 0 unspecified atom stereocenters. The highest BCUT2D eigenvalue weighted by molar-refractivity contribution is 6.34. The van der Waals surface area contributed by atoms with E-state index in [0.717, 1.165) is 16.9 Å². The van der Waals surface area contributed by atoms with Crippen LogP contribution in [-0.2, 0) is 13.0 Å². The van der Waals surface area contributed by atoms with Crippen LogP contribution in [-0.4, -0.2) is 19.7 Å². The van der Waals surface area contributed by atoms with Gasteiger partial charge in [-0.05, 0) is 47.9 Å². The first-order valence-electron chi connectivity index (χ1n) is 7.16. The molecule has 0 atom stereocenters. The molecule has 0 saturated heterocycles. The maximum atomic E-state index is 11.8. The Morgan fingerprint density at radius 3 is 2.26 bits per heavy atom. The molecule has 2 aromatic carbocycles. The predicted molar refractivity (Wildman–Crippen MR) is 93.4 cm³/mol. The minimum absolute atomic E-state index is 0.214. The molecule has 0 saturated carbocycles. The van der Waals surface area contributed by atoms with Gasteiger partial charge in [-0.2, -0.15) is 0 Å². The zero-order valence-corrected chi connectivity index (χ0v) is 14.2. The Hall–Kier alpha value is -1.91. The van der Waals surface area contributed by atoms with Gasteiger partial charge in [-0.3, -0.25) is 0 Å². The van der Waals surface area contributed by atoms with E-state index in [-0.39, 0.29) is 6.03 Å². The van der Waals surface area contributed by atoms with Crippen LogP contribution in [0.4, 0.5) is 4.79 Å². The lowest BCUT2D eigenvalue weighted by Crippen LogP contribution is -2.36. The fourth-order valence-corrected chi connectivity index (χ4v) is 2.64. The van der Waals surface area contributed by atoms with Gasteiger partial charge in [0.15, 0.2) is 0 Å². The number of carbonyl (C=O) groups is 1. The van der Waals surface area contributed by atoms with E-state index in [4.69, 9.17) is 27.9 Å². The molecule has 0 bridgehead atoms. The fourth-order valence-electron chi connectivity index (χ4n) is 2.06. The Kier molecular flexibility index (Phi) is 6.56. The molecule has 0 aliphatic rings. The first kappa shape index (κ1) is 17.4. The third-order valence-electron chi connectivity index (χ3n) is 3.23. The second-order valence-electron chi connectivity index (χ2n) is 4.99. The average molecular weight is 353 g/mol. The third-order valence-corrected chi connectivity index (χ3v) is 3.67. The van der Waals surface area contributed by atoms with E-state index < -0.39 is 0 Å². The summed E-state index contributed by atoms with van der Waals surface area (Å²) in [6, 6.07) is 12.7. The quantitative estimate of drug-likeness (QED) is 0.823. The number of benzene rings is 2. The zero-order valence-electron chi connectivity index (χ0n) is 12.7. The van der Waals surface area contributed by atoms with Crippen molar-refractivity contribution in [2.45, 2.75) is 13.0 Å². The number of rotatable bonds is 6. The lowest BCUT2D eigenvalue weighted by atomic mass is 10.1. The highest BCUT2D eigenvalue weighted by atomic mass is 35.5. The van der Waals surface area contributed by atoms with Crippen molar-refractivity contribution in [3.05, 3.63) is 63.6 Å². The Balaban J connectivity index is 1.72. The summed E-state index contributed by atoms with van der Waals surface area (Å²) in [5, 5.41) is 6.79. The molecule has 0 aromatic heterocycles. The summed E-state index contributed by atoms with van der Waals surface area (Å²) in [5.74, 6) is 0.790. The molecule has 0 fully saturated rings. The maximum Gasteiger partial charge on any atom is 0.315 e. The third kappa shape index (κ3) is 6.00. The average Bonchev–Trinajstić information content (AvgIpc) is 2.52. The van der Waals surface area contributed by atoms with Crippen LogP contribution < -0.4 is 15.4 Å². The molecule has 2 aromatic rings. The lowest BCUT2D eigenvalue weighted by Gasteiger charge is -2.09. The summed E-state index contributed by atoms with van der Waals surface area (Å²) >= 11 is 11.9. The Morgan fingerprint density at radius 2 is 1.65 bits per heavy atom. The van der Waals surface area contributed by atoms with Gasteiger partial charge in [0, 0.05) is 23.1 Å². The molecule has 2 N–H and O–H groups in total. The molecule has 0 heterocycles. The standard InChI is InChI=1S/C17H18Cl2N2O2/c1-23-16-4-2-12(3-5-16)11-21-17(22)20-7-6-13-8-14(18)10-15(19)9-13/h2-5,8-10H,6-7,11H2,1H3,(H2,20,21,22). The second-order valence-corrected chi connectivity index (χ2v) is 5.86. The normalized spacial score (nSPS) is 10.2. The van der Waals surface area contributed by atoms with E-state index in [0.29, 0.717) is 29.6 Å². The number of hydrogen-bond acceptors (Lipinski definition) is 2. The molecular weight excluding hydrogens is 335 g/mol. The van der Waals surface area contributed by atoms with Crippen molar-refractivity contribution in [1.82, 2.24) is 10.6 Å². The van der Waals surface area contributed by atoms with E-state index in [1.165, 1.54) is 0 Å². The Labute approximate surface area is 145 Å². The summed E-state index contributed by atoms with van der Waals surface area (Å²) in [6.45, 7) is 0.962. The van der Waals surface area contributed by atoms with Crippen molar-refractivity contribution in [2.75, 3.05) is 13.7 Å². The molecule has 0 aliphatic heterocycles. The monoisotopic (exact) mass is 352 g/mol. The predicted octanol–water partition coefficient (Wildman–Crippen LogP) is 4.04. The number of nitrogens with one attached hydrogen (secondary N) is 2. The van der Waals surface area contributed by atoms with Crippen molar-refractivity contribution < 1.29 is 9.53 Å². The van der Waals surface area contributed by atoms with E-state index in [9.17, 15) is 4.79 Å². The van der Waals surface area contributed by atoms with Crippen LogP contribution in [0.15, 0.2) is 42.5 Å². The van der Waals surface area contributed by atoms with Gasteiger partial charge in [-0.25, -0.2) is 4.79 Å². The zero-order chi connectivity index (χ0) is 16.7. The van der Waals surface area contributed by atoms with Gasteiger partial charge in [-0.15, -0.1) is 0 Å². The number of halogens is 2. The Morgan fingerprint density at radius 1 is 1.00 bits per heavy atom. The molecule has 122 valence electrons. The molecular formula is C17H18Cl2N2O2. The minimum Gasteiger partial charge on any atom is -0.497 e. The van der Waals surface area contributed by atoms with Gasteiger partial charge >= 0.3 is 6.03 Å². The van der Waals surface area contributed by atoms with Crippen LogP contribution in [0.1, 0.15) is 11.1 Å². The van der Waals surface area contributed by atoms with Crippen LogP contribution in [0, 0.1) is 0 Å². The molecule has 2 rings (SSSR count). The SMILES string of the molecule is COc1ccc(CNC(=O)NCCc2cc(Cl)cc(Cl)c2)cc1. The van der Waals surface area contributed by atoms with E-state index in [1.54, 1.807) is 13.2 Å². The molecule has 4 nitrogen and oxygen atoms in total. The summed E-state index contributed by atoms with van der Waals surface area (Å²) in [5.41, 5.74) is 1.99. The summed E-state index contributed by atoms with van der Waals surface area (Å²) in [4.78, 5) is 11.8. The number of urea groups is 1. The fraction of sp³-hybridized carbons (Fsp3) is 0.235. The van der Waals surface area contributed by atoms with Crippen LogP contribution in [0.3, 0.4) is 0 Å².